The van der Waals surface area contributed by atoms with Crippen LogP contribution < -0.4 is 0 Å². The van der Waals surface area contributed by atoms with Crippen molar-refractivity contribution < 1.29 is 44.5 Å². The van der Waals surface area contributed by atoms with Crippen LogP contribution in [0.1, 0.15) is 78.1 Å². The molecule has 2 heterocycles. The fraction of sp³-hybridized carbons (Fsp3) is 0.897. The van der Waals surface area contributed by atoms with Gasteiger partial charge in [0.05, 0.1) is 36.1 Å². The van der Waals surface area contributed by atoms with Gasteiger partial charge >= 0.3 is 5.97 Å². The van der Waals surface area contributed by atoms with E-state index in [1.807, 2.05) is 0 Å². The topological polar surface area (TPSA) is 146 Å². The molecule has 5 N–H and O–H groups in total. The Labute approximate surface area is 224 Å². The fourth-order valence-corrected chi connectivity index (χ4v) is 9.94. The van der Waals surface area contributed by atoms with Crippen molar-refractivity contribution in [2.75, 3.05) is 13.2 Å². The van der Waals surface area contributed by atoms with E-state index < -0.39 is 41.2 Å². The minimum absolute atomic E-state index is 0.0117. The van der Waals surface area contributed by atoms with Crippen LogP contribution in [0.5, 0.6) is 0 Å². The van der Waals surface area contributed by atoms with E-state index in [-0.39, 0.29) is 48.3 Å². The molecule has 12 atom stereocenters. The molecule has 9 nitrogen and oxygen atoms in total. The quantitative estimate of drug-likeness (QED) is 0.267. The van der Waals surface area contributed by atoms with Gasteiger partial charge in [-0.3, -0.25) is 0 Å². The molecule has 6 aliphatic rings. The molecule has 2 aliphatic heterocycles. The molecule has 0 radical (unpaired) electrons. The van der Waals surface area contributed by atoms with Crippen molar-refractivity contribution in [3.63, 3.8) is 0 Å². The molecule has 4 aliphatic carbocycles. The number of hydrogen-bond acceptors (Lipinski definition) is 9. The summed E-state index contributed by atoms with van der Waals surface area (Å²) in [6.45, 7) is 4.05. The maximum atomic E-state index is 12.4. The molecule has 38 heavy (non-hydrogen) atoms. The van der Waals surface area contributed by atoms with Gasteiger partial charge in [0.1, 0.15) is 12.7 Å². The lowest BCUT2D eigenvalue weighted by Crippen LogP contribution is -2.69. The molecular weight excluding hydrogens is 492 g/mol. The normalized spacial score (nSPS) is 54.5. The van der Waals surface area contributed by atoms with Crippen LogP contribution in [0.4, 0.5) is 0 Å². The number of aliphatic hydroxyl groups is 5. The summed E-state index contributed by atoms with van der Waals surface area (Å²) in [6, 6.07) is 0. The Hall–Kier alpha value is -1.07. The van der Waals surface area contributed by atoms with Crippen molar-refractivity contribution in [3.8, 4) is 0 Å². The average Bonchev–Trinajstić information content (AvgIpc) is 3.41. The van der Waals surface area contributed by atoms with Gasteiger partial charge in [0.25, 0.3) is 0 Å². The van der Waals surface area contributed by atoms with Gasteiger partial charge in [-0.25, -0.2) is 4.79 Å². The predicted octanol–water partition coefficient (Wildman–Crippen LogP) is 1.57. The number of ether oxygens (including phenoxy) is 3. The first-order chi connectivity index (χ1) is 18.0. The van der Waals surface area contributed by atoms with Crippen LogP contribution in [0.3, 0.4) is 0 Å². The lowest BCUT2D eigenvalue weighted by molar-refractivity contribution is -0.297. The van der Waals surface area contributed by atoms with Crippen LogP contribution in [-0.4, -0.2) is 86.6 Å². The third kappa shape index (κ3) is 3.72. The minimum atomic E-state index is -1.12. The largest absolute Gasteiger partial charge is 0.458 e. The Morgan fingerprint density at radius 2 is 1.82 bits per heavy atom. The molecule has 5 fully saturated rings. The van der Waals surface area contributed by atoms with E-state index in [1.54, 1.807) is 13.0 Å². The highest BCUT2D eigenvalue weighted by molar-refractivity contribution is 5.85. The highest BCUT2D eigenvalue weighted by Gasteiger charge is 2.71. The third-order valence-electron chi connectivity index (χ3n) is 12.1. The number of esters is 1. The van der Waals surface area contributed by atoms with E-state index >= 15 is 0 Å². The number of rotatable bonds is 4. The van der Waals surface area contributed by atoms with Crippen LogP contribution >= 0.6 is 0 Å². The zero-order valence-corrected chi connectivity index (χ0v) is 22.6. The summed E-state index contributed by atoms with van der Waals surface area (Å²) in [6.07, 6.45) is 4.24. The van der Waals surface area contributed by atoms with Gasteiger partial charge in [-0.15, -0.1) is 0 Å². The van der Waals surface area contributed by atoms with Gasteiger partial charge in [-0.1, -0.05) is 6.92 Å². The Balaban J connectivity index is 1.21. The zero-order valence-electron chi connectivity index (χ0n) is 22.6. The number of cyclic esters (lactones) is 1. The van der Waals surface area contributed by atoms with Gasteiger partial charge in [0.2, 0.25) is 0 Å². The van der Waals surface area contributed by atoms with Gasteiger partial charge < -0.3 is 39.7 Å². The molecule has 214 valence electrons. The summed E-state index contributed by atoms with van der Waals surface area (Å²) in [4.78, 5) is 11.8. The number of fused-ring (bicyclic) bond motifs is 5. The van der Waals surface area contributed by atoms with Gasteiger partial charge in [0.15, 0.2) is 6.29 Å². The molecule has 9 heteroatoms. The number of carbonyl (C=O) groups excluding carboxylic acids is 1. The Morgan fingerprint density at radius 1 is 1.05 bits per heavy atom. The molecule has 0 amide bonds. The minimum Gasteiger partial charge on any atom is -0.458 e. The number of hydrogen-bond donors (Lipinski definition) is 5. The number of aliphatic hydroxyl groups excluding tert-OH is 3. The van der Waals surface area contributed by atoms with E-state index in [0.717, 1.165) is 24.8 Å². The molecule has 0 spiro atoms. The maximum Gasteiger partial charge on any atom is 0.331 e. The first kappa shape index (κ1) is 27.1. The SMILES string of the molecule is CC1OC(OC2CCC3(CO)C4CCC5(C)C(C6=CC(=O)OC6)CCC5(O)C4CCC3(O)C2)CC(O)C1O. The zero-order chi connectivity index (χ0) is 27.1. The van der Waals surface area contributed by atoms with E-state index in [0.29, 0.717) is 45.1 Å². The van der Waals surface area contributed by atoms with E-state index in [2.05, 4.69) is 6.92 Å². The number of carbonyl (C=O) groups is 1. The molecule has 1 saturated heterocycles. The van der Waals surface area contributed by atoms with Gasteiger partial charge in [-0.05, 0) is 81.6 Å². The van der Waals surface area contributed by atoms with E-state index in [4.69, 9.17) is 14.2 Å². The Bertz CT molecular complexity index is 973. The molecule has 4 saturated carbocycles. The lowest BCUT2D eigenvalue weighted by Gasteiger charge is -2.66. The second-order valence-corrected chi connectivity index (χ2v) is 13.5. The summed E-state index contributed by atoms with van der Waals surface area (Å²) >= 11 is 0. The first-order valence-corrected chi connectivity index (χ1v) is 14.6. The van der Waals surface area contributed by atoms with Crippen LogP contribution in [0, 0.1) is 28.6 Å². The van der Waals surface area contributed by atoms with Crippen molar-refractivity contribution in [1.82, 2.24) is 0 Å². The second kappa shape index (κ2) is 9.23. The molecular formula is C29H44O9. The Kier molecular flexibility index (Phi) is 6.58. The van der Waals surface area contributed by atoms with E-state index in [9.17, 15) is 30.3 Å². The molecule has 0 aromatic carbocycles. The monoisotopic (exact) mass is 536 g/mol. The smallest absolute Gasteiger partial charge is 0.331 e. The third-order valence-corrected chi connectivity index (χ3v) is 12.1. The second-order valence-electron chi connectivity index (χ2n) is 13.5. The van der Waals surface area contributed by atoms with Crippen LogP contribution in [0.25, 0.3) is 0 Å². The van der Waals surface area contributed by atoms with Crippen molar-refractivity contribution in [2.24, 2.45) is 28.6 Å². The average molecular weight is 537 g/mol. The predicted molar refractivity (Wildman–Crippen MR) is 134 cm³/mol. The summed E-state index contributed by atoms with van der Waals surface area (Å²) in [5, 5.41) is 55.6. The van der Waals surface area contributed by atoms with Crippen LogP contribution in [0.15, 0.2) is 11.6 Å². The molecule has 0 aromatic rings. The van der Waals surface area contributed by atoms with E-state index in [1.165, 1.54) is 0 Å². The van der Waals surface area contributed by atoms with Crippen molar-refractivity contribution in [1.29, 1.82) is 0 Å². The van der Waals surface area contributed by atoms with Crippen molar-refractivity contribution >= 4 is 5.97 Å². The van der Waals surface area contributed by atoms with Crippen LogP contribution in [0.2, 0.25) is 0 Å². The summed E-state index contributed by atoms with van der Waals surface area (Å²) in [5.74, 6) is -0.245. The molecule has 0 bridgehead atoms. The molecule has 12 unspecified atom stereocenters. The maximum absolute atomic E-state index is 12.4. The van der Waals surface area contributed by atoms with Crippen molar-refractivity contribution in [3.05, 3.63) is 11.6 Å². The summed E-state index contributed by atoms with van der Waals surface area (Å²) in [7, 11) is 0. The summed E-state index contributed by atoms with van der Waals surface area (Å²) < 4.78 is 17.2. The lowest BCUT2D eigenvalue weighted by atomic mass is 9.41. The molecule has 0 aromatic heterocycles. The Morgan fingerprint density at radius 3 is 2.50 bits per heavy atom. The van der Waals surface area contributed by atoms with Gasteiger partial charge in [-0.2, -0.15) is 0 Å². The molecule has 6 rings (SSSR count). The fourth-order valence-electron chi connectivity index (χ4n) is 9.94. The van der Waals surface area contributed by atoms with Crippen LogP contribution in [-0.2, 0) is 19.0 Å². The highest BCUT2D eigenvalue weighted by atomic mass is 16.7. The summed E-state index contributed by atoms with van der Waals surface area (Å²) in [5.41, 5.74) is -2.15. The first-order valence-electron chi connectivity index (χ1n) is 14.6. The standard InChI is InChI=1S/C29H44O9/c1-16-25(33)22(31)12-24(37-16)38-18-3-8-27(15-30)20-4-7-26(2)19(17-11-23(32)36-14-17)6-10-29(26,35)21(20)5-9-28(27,34)13-18/h11,16,18-22,24-25,30-31,33-35H,3-10,12-15H2,1-2H3. The van der Waals surface area contributed by atoms with Crippen molar-refractivity contribution in [2.45, 2.75) is 120 Å². The highest BCUT2D eigenvalue weighted by Crippen LogP contribution is 2.70. The van der Waals surface area contributed by atoms with Gasteiger partial charge in [0, 0.05) is 29.7 Å².